The van der Waals surface area contributed by atoms with Gasteiger partial charge in [0.15, 0.2) is 0 Å². The Morgan fingerprint density at radius 1 is 1.32 bits per heavy atom. The van der Waals surface area contributed by atoms with E-state index >= 15 is 0 Å². The van der Waals surface area contributed by atoms with Crippen molar-refractivity contribution in [3.63, 3.8) is 0 Å². The van der Waals surface area contributed by atoms with Gasteiger partial charge in [-0.05, 0) is 41.8 Å². The van der Waals surface area contributed by atoms with E-state index in [0.717, 1.165) is 6.42 Å². The minimum absolute atomic E-state index is 0.241. The molecular formula is C13H15Cl2N3S. The van der Waals surface area contributed by atoms with Crippen molar-refractivity contribution in [2.24, 2.45) is 0 Å². The van der Waals surface area contributed by atoms with Gasteiger partial charge in [0.1, 0.15) is 11.6 Å². The van der Waals surface area contributed by atoms with Crippen LogP contribution in [0.5, 0.6) is 0 Å². The van der Waals surface area contributed by atoms with Crippen LogP contribution in [-0.4, -0.2) is 18.1 Å². The number of halogens is 2. The van der Waals surface area contributed by atoms with Crippen molar-refractivity contribution >= 4 is 46.2 Å². The zero-order valence-electron chi connectivity index (χ0n) is 10.7. The first kappa shape index (κ1) is 14.4. The topological polar surface area (TPSA) is 37.0 Å². The lowest BCUT2D eigenvalue weighted by molar-refractivity contribution is 0.787. The lowest BCUT2D eigenvalue weighted by Crippen LogP contribution is -2.19. The van der Waals surface area contributed by atoms with Gasteiger partial charge < -0.3 is 10.6 Å². The third-order valence-corrected chi connectivity index (χ3v) is 3.98. The van der Waals surface area contributed by atoms with Crippen LogP contribution in [0.2, 0.25) is 10.0 Å². The summed E-state index contributed by atoms with van der Waals surface area (Å²) in [6.07, 6.45) is 0.930. The van der Waals surface area contributed by atoms with Gasteiger partial charge >= 0.3 is 0 Å². The molecule has 2 aromatic rings. The second-order valence-corrected chi connectivity index (χ2v) is 5.87. The van der Waals surface area contributed by atoms with Gasteiger partial charge in [0, 0.05) is 13.1 Å². The van der Waals surface area contributed by atoms with E-state index in [1.807, 2.05) is 0 Å². The molecule has 102 valence electrons. The average Bonchev–Trinajstić information content (AvgIpc) is 2.85. The lowest BCUT2D eigenvalue weighted by Gasteiger charge is -2.16. The molecule has 0 spiro atoms. The Morgan fingerprint density at radius 3 is 2.68 bits per heavy atom. The number of nitrogens with one attached hydrogen (secondary N) is 2. The maximum absolute atomic E-state index is 6.15. The van der Waals surface area contributed by atoms with E-state index in [1.165, 1.54) is 5.56 Å². The highest BCUT2D eigenvalue weighted by Crippen LogP contribution is 2.29. The fraction of sp³-hybridized carbons (Fsp3) is 0.308. The molecule has 2 rings (SSSR count). The standard InChI is InChI=1S/C13H15Cl2N3S/c1-8(5-9-3-4-19-7-9)17-13-11(15)6-10(14)12(16-2)18-13/h3-4,6-8H,5H2,1-2H3,(H2,16,17,18). The molecule has 0 aliphatic rings. The summed E-state index contributed by atoms with van der Waals surface area (Å²) in [5.41, 5.74) is 1.31. The van der Waals surface area contributed by atoms with Crippen molar-refractivity contribution in [2.45, 2.75) is 19.4 Å². The molecule has 1 unspecified atom stereocenters. The Bertz CT molecular complexity index is 543. The third-order valence-electron chi connectivity index (χ3n) is 2.67. The molecule has 2 N–H and O–H groups in total. The number of hydrogen-bond acceptors (Lipinski definition) is 4. The zero-order chi connectivity index (χ0) is 13.8. The minimum Gasteiger partial charge on any atom is -0.372 e. The largest absolute Gasteiger partial charge is 0.372 e. The number of hydrogen-bond donors (Lipinski definition) is 2. The zero-order valence-corrected chi connectivity index (χ0v) is 13.0. The summed E-state index contributed by atoms with van der Waals surface area (Å²) in [6.45, 7) is 2.10. The molecule has 0 radical (unpaired) electrons. The van der Waals surface area contributed by atoms with Crippen molar-refractivity contribution in [1.29, 1.82) is 0 Å². The third kappa shape index (κ3) is 3.75. The van der Waals surface area contributed by atoms with Crippen LogP contribution in [0.25, 0.3) is 0 Å². The van der Waals surface area contributed by atoms with Gasteiger partial charge in [0.2, 0.25) is 0 Å². The van der Waals surface area contributed by atoms with E-state index in [0.29, 0.717) is 21.7 Å². The summed E-state index contributed by atoms with van der Waals surface area (Å²) in [4.78, 5) is 4.38. The van der Waals surface area contributed by atoms with Crippen LogP contribution < -0.4 is 10.6 Å². The number of anilines is 2. The van der Waals surface area contributed by atoms with Crippen molar-refractivity contribution < 1.29 is 0 Å². The SMILES string of the molecule is CNc1nc(NC(C)Cc2ccsc2)c(Cl)cc1Cl. The predicted octanol–water partition coefficient (Wildman–Crippen LogP) is 4.53. The van der Waals surface area contributed by atoms with E-state index in [-0.39, 0.29) is 6.04 Å². The Balaban J connectivity index is 2.09. The average molecular weight is 316 g/mol. The molecule has 0 aromatic carbocycles. The molecule has 0 bridgehead atoms. The van der Waals surface area contributed by atoms with Gasteiger partial charge in [-0.3, -0.25) is 0 Å². The van der Waals surface area contributed by atoms with Gasteiger partial charge in [0.25, 0.3) is 0 Å². The fourth-order valence-electron chi connectivity index (χ4n) is 1.79. The maximum atomic E-state index is 6.15. The second-order valence-electron chi connectivity index (χ2n) is 4.28. The summed E-state index contributed by atoms with van der Waals surface area (Å²) >= 11 is 13.9. The van der Waals surface area contributed by atoms with Crippen LogP contribution in [-0.2, 0) is 6.42 Å². The van der Waals surface area contributed by atoms with Crippen LogP contribution in [0.3, 0.4) is 0 Å². The van der Waals surface area contributed by atoms with Crippen LogP contribution in [0.4, 0.5) is 11.6 Å². The van der Waals surface area contributed by atoms with Crippen molar-refractivity contribution in [1.82, 2.24) is 4.98 Å². The molecule has 0 aliphatic heterocycles. The van der Waals surface area contributed by atoms with Crippen molar-refractivity contribution in [3.8, 4) is 0 Å². The number of nitrogens with zero attached hydrogens (tertiary/aromatic N) is 1. The van der Waals surface area contributed by atoms with Crippen LogP contribution in [0.15, 0.2) is 22.9 Å². The molecule has 0 aliphatic carbocycles. The van der Waals surface area contributed by atoms with Gasteiger partial charge in [-0.2, -0.15) is 11.3 Å². The van der Waals surface area contributed by atoms with E-state index in [2.05, 4.69) is 39.4 Å². The first-order valence-corrected chi connectivity index (χ1v) is 7.61. The highest BCUT2D eigenvalue weighted by atomic mass is 35.5. The highest BCUT2D eigenvalue weighted by Gasteiger charge is 2.11. The Labute approximate surface area is 127 Å². The summed E-state index contributed by atoms with van der Waals surface area (Å²) in [6, 6.07) is 4.06. The quantitative estimate of drug-likeness (QED) is 0.850. The second kappa shape index (κ2) is 6.46. The molecule has 0 saturated heterocycles. The van der Waals surface area contributed by atoms with E-state index in [4.69, 9.17) is 23.2 Å². The normalized spacial score (nSPS) is 12.2. The summed E-state index contributed by atoms with van der Waals surface area (Å²) in [7, 11) is 1.78. The van der Waals surface area contributed by atoms with Crippen molar-refractivity contribution in [3.05, 3.63) is 38.5 Å². The first-order chi connectivity index (χ1) is 9.10. The minimum atomic E-state index is 0.241. The van der Waals surface area contributed by atoms with Gasteiger partial charge in [-0.25, -0.2) is 4.98 Å². The van der Waals surface area contributed by atoms with Crippen LogP contribution >= 0.6 is 34.5 Å². The number of aromatic nitrogens is 1. The van der Waals surface area contributed by atoms with Crippen LogP contribution in [0.1, 0.15) is 12.5 Å². The lowest BCUT2D eigenvalue weighted by atomic mass is 10.1. The molecule has 0 saturated carbocycles. The molecule has 6 heteroatoms. The number of pyridine rings is 1. The Kier molecular flexibility index (Phi) is 4.91. The smallest absolute Gasteiger partial charge is 0.147 e. The van der Waals surface area contributed by atoms with Crippen molar-refractivity contribution in [2.75, 3.05) is 17.7 Å². The summed E-state index contributed by atoms with van der Waals surface area (Å²) in [5, 5.41) is 11.5. The number of thiophene rings is 1. The number of rotatable bonds is 5. The molecule has 19 heavy (non-hydrogen) atoms. The monoisotopic (exact) mass is 315 g/mol. The van der Waals surface area contributed by atoms with Gasteiger partial charge in [0.05, 0.1) is 10.0 Å². The molecular weight excluding hydrogens is 301 g/mol. The molecule has 2 aromatic heterocycles. The first-order valence-electron chi connectivity index (χ1n) is 5.91. The van der Waals surface area contributed by atoms with Crippen LogP contribution in [0, 0.1) is 0 Å². The molecule has 0 amide bonds. The summed E-state index contributed by atoms with van der Waals surface area (Å²) < 4.78 is 0. The van der Waals surface area contributed by atoms with Gasteiger partial charge in [-0.15, -0.1) is 0 Å². The predicted molar refractivity (Wildman–Crippen MR) is 84.9 cm³/mol. The maximum Gasteiger partial charge on any atom is 0.147 e. The van der Waals surface area contributed by atoms with Gasteiger partial charge in [-0.1, -0.05) is 23.2 Å². The Hall–Kier alpha value is -0.970. The highest BCUT2D eigenvalue weighted by molar-refractivity contribution is 7.07. The molecule has 2 heterocycles. The molecule has 0 fully saturated rings. The van der Waals surface area contributed by atoms with E-state index in [1.54, 1.807) is 24.5 Å². The molecule has 3 nitrogen and oxygen atoms in total. The summed E-state index contributed by atoms with van der Waals surface area (Å²) in [5.74, 6) is 1.27. The Morgan fingerprint density at radius 2 is 2.05 bits per heavy atom. The molecule has 1 atom stereocenters. The fourth-order valence-corrected chi connectivity index (χ4v) is 2.98. The van der Waals surface area contributed by atoms with E-state index < -0.39 is 0 Å². The van der Waals surface area contributed by atoms with E-state index in [9.17, 15) is 0 Å².